The summed E-state index contributed by atoms with van der Waals surface area (Å²) in [4.78, 5) is 15.3. The minimum absolute atomic E-state index is 0.0660. The van der Waals surface area contributed by atoms with Crippen molar-refractivity contribution < 1.29 is 9.18 Å². The monoisotopic (exact) mass is 299 g/mol. The molecule has 1 heterocycles. The van der Waals surface area contributed by atoms with Crippen molar-refractivity contribution in [3.05, 3.63) is 39.6 Å². The lowest BCUT2D eigenvalue weighted by Crippen LogP contribution is -1.91. The third-order valence-corrected chi connectivity index (χ3v) is 3.53. The van der Waals surface area contributed by atoms with Crippen LogP contribution in [-0.4, -0.2) is 10.8 Å². The van der Waals surface area contributed by atoms with Gasteiger partial charge in [-0.2, -0.15) is 0 Å². The minimum atomic E-state index is -0.313. The maximum absolute atomic E-state index is 13.0. The van der Waals surface area contributed by atoms with E-state index in [0.29, 0.717) is 15.2 Å². The number of benzene rings is 1. The predicted octanol–water partition coefficient (Wildman–Crippen LogP) is 3.91. The highest BCUT2D eigenvalue weighted by Gasteiger charge is 2.09. The normalized spacial score (nSPS) is 10.4. The van der Waals surface area contributed by atoms with Gasteiger partial charge in [0.2, 0.25) is 0 Å². The number of hydrogen-bond donors (Lipinski definition) is 0. The van der Waals surface area contributed by atoms with Gasteiger partial charge in [0.1, 0.15) is 16.5 Å². The molecule has 0 saturated carbocycles. The first kappa shape index (κ1) is 11.4. The number of ketones is 1. The van der Waals surface area contributed by atoms with Crippen molar-refractivity contribution in [3.8, 4) is 10.6 Å². The summed E-state index contributed by atoms with van der Waals surface area (Å²) in [5, 5.41) is 2.42. The van der Waals surface area contributed by atoms with Gasteiger partial charge in [0, 0.05) is 17.9 Å². The topological polar surface area (TPSA) is 30.0 Å². The fourth-order valence-corrected chi connectivity index (χ4v) is 2.43. The molecule has 0 aliphatic rings. The Labute approximate surface area is 104 Å². The molecule has 0 radical (unpaired) electrons. The van der Waals surface area contributed by atoms with Crippen LogP contribution in [0.1, 0.15) is 17.4 Å². The Hall–Kier alpha value is -1.07. The Morgan fingerprint density at radius 2 is 2.25 bits per heavy atom. The van der Waals surface area contributed by atoms with Gasteiger partial charge in [0.05, 0.1) is 4.47 Å². The highest BCUT2D eigenvalue weighted by molar-refractivity contribution is 9.10. The standard InChI is InChI=1S/C11H7BrFNOS/c1-6(15)10-5-16-11(14-10)7-2-3-9(13)8(12)4-7/h2-5H,1H3. The van der Waals surface area contributed by atoms with Crippen LogP contribution in [-0.2, 0) is 0 Å². The summed E-state index contributed by atoms with van der Waals surface area (Å²) < 4.78 is 13.4. The van der Waals surface area contributed by atoms with Gasteiger partial charge in [-0.3, -0.25) is 4.79 Å². The molecule has 2 nitrogen and oxygen atoms in total. The largest absolute Gasteiger partial charge is 0.293 e. The Bertz CT molecular complexity index is 553. The highest BCUT2D eigenvalue weighted by atomic mass is 79.9. The predicted molar refractivity (Wildman–Crippen MR) is 65.2 cm³/mol. The molecule has 0 bridgehead atoms. The minimum Gasteiger partial charge on any atom is -0.293 e. The van der Waals surface area contributed by atoms with Crippen molar-refractivity contribution in [3.63, 3.8) is 0 Å². The van der Waals surface area contributed by atoms with Gasteiger partial charge in [-0.1, -0.05) is 0 Å². The molecule has 0 aliphatic heterocycles. The zero-order chi connectivity index (χ0) is 11.7. The molecule has 0 unspecified atom stereocenters. The molecule has 0 amide bonds. The second kappa shape index (κ2) is 4.43. The quantitative estimate of drug-likeness (QED) is 0.787. The van der Waals surface area contributed by atoms with E-state index in [1.165, 1.54) is 24.3 Å². The summed E-state index contributed by atoms with van der Waals surface area (Å²) >= 11 is 4.48. The van der Waals surface area contributed by atoms with Gasteiger partial charge in [0.15, 0.2) is 5.78 Å². The molecule has 82 valence electrons. The number of thiazole rings is 1. The van der Waals surface area contributed by atoms with E-state index in [1.807, 2.05) is 0 Å². The van der Waals surface area contributed by atoms with Gasteiger partial charge < -0.3 is 0 Å². The van der Waals surface area contributed by atoms with E-state index in [4.69, 9.17) is 0 Å². The SMILES string of the molecule is CC(=O)c1csc(-c2ccc(F)c(Br)c2)n1. The van der Waals surface area contributed by atoms with Crippen LogP contribution in [0.3, 0.4) is 0 Å². The Kier molecular flexibility index (Phi) is 3.16. The molecular formula is C11H7BrFNOS. The third kappa shape index (κ3) is 2.20. The van der Waals surface area contributed by atoms with Crippen LogP contribution in [0.2, 0.25) is 0 Å². The molecule has 16 heavy (non-hydrogen) atoms. The molecule has 0 saturated heterocycles. The van der Waals surface area contributed by atoms with Crippen LogP contribution in [0.25, 0.3) is 10.6 Å². The van der Waals surface area contributed by atoms with E-state index in [-0.39, 0.29) is 11.6 Å². The van der Waals surface area contributed by atoms with Crippen LogP contribution in [0.4, 0.5) is 4.39 Å². The molecule has 0 atom stereocenters. The van der Waals surface area contributed by atoms with E-state index in [9.17, 15) is 9.18 Å². The number of carbonyl (C=O) groups excluding carboxylic acids is 1. The van der Waals surface area contributed by atoms with Crippen molar-refractivity contribution >= 4 is 33.0 Å². The van der Waals surface area contributed by atoms with Gasteiger partial charge in [0.25, 0.3) is 0 Å². The molecule has 2 aromatic rings. The number of Topliss-reactive ketones (excluding diaryl/α,β-unsaturated/α-hetero) is 1. The van der Waals surface area contributed by atoms with Crippen LogP contribution < -0.4 is 0 Å². The van der Waals surface area contributed by atoms with E-state index in [0.717, 1.165) is 5.56 Å². The van der Waals surface area contributed by atoms with Crippen molar-refractivity contribution in [2.75, 3.05) is 0 Å². The summed E-state index contributed by atoms with van der Waals surface area (Å²) in [5.74, 6) is -0.379. The Morgan fingerprint density at radius 3 is 2.81 bits per heavy atom. The molecule has 1 aromatic carbocycles. The van der Waals surface area contributed by atoms with Crippen molar-refractivity contribution in [2.45, 2.75) is 6.92 Å². The summed E-state index contributed by atoms with van der Waals surface area (Å²) in [7, 11) is 0. The molecule has 2 rings (SSSR count). The lowest BCUT2D eigenvalue weighted by molar-refractivity contribution is 0.101. The van der Waals surface area contributed by atoms with Crippen LogP contribution >= 0.6 is 27.3 Å². The molecule has 5 heteroatoms. The summed E-state index contributed by atoms with van der Waals surface area (Å²) in [5.41, 5.74) is 1.24. The molecule has 1 aromatic heterocycles. The van der Waals surface area contributed by atoms with Gasteiger partial charge in [-0.25, -0.2) is 9.37 Å². The lowest BCUT2D eigenvalue weighted by atomic mass is 10.2. The third-order valence-electron chi connectivity index (χ3n) is 2.03. The molecule has 0 fully saturated rings. The van der Waals surface area contributed by atoms with Gasteiger partial charge in [-0.05, 0) is 34.1 Å². The van der Waals surface area contributed by atoms with E-state index >= 15 is 0 Å². The zero-order valence-electron chi connectivity index (χ0n) is 8.33. The first-order chi connectivity index (χ1) is 7.58. The van der Waals surface area contributed by atoms with Crippen LogP contribution in [0.15, 0.2) is 28.1 Å². The lowest BCUT2D eigenvalue weighted by Gasteiger charge is -1.98. The maximum atomic E-state index is 13.0. The smallest absolute Gasteiger partial charge is 0.178 e. The number of halogens is 2. The van der Waals surface area contributed by atoms with Crippen molar-refractivity contribution in [2.24, 2.45) is 0 Å². The fraction of sp³-hybridized carbons (Fsp3) is 0.0909. The second-order valence-corrected chi connectivity index (χ2v) is 4.94. The Balaban J connectivity index is 2.42. The number of hydrogen-bond acceptors (Lipinski definition) is 3. The van der Waals surface area contributed by atoms with E-state index in [2.05, 4.69) is 20.9 Å². The first-order valence-electron chi connectivity index (χ1n) is 4.50. The molecular weight excluding hydrogens is 293 g/mol. The van der Waals surface area contributed by atoms with Crippen molar-refractivity contribution in [1.82, 2.24) is 4.98 Å². The summed E-state index contributed by atoms with van der Waals surface area (Å²) in [6.45, 7) is 1.47. The van der Waals surface area contributed by atoms with Crippen molar-refractivity contribution in [1.29, 1.82) is 0 Å². The zero-order valence-corrected chi connectivity index (χ0v) is 10.7. The maximum Gasteiger partial charge on any atom is 0.178 e. The number of nitrogens with zero attached hydrogens (tertiary/aromatic N) is 1. The second-order valence-electron chi connectivity index (χ2n) is 3.22. The number of aromatic nitrogens is 1. The fourth-order valence-electron chi connectivity index (χ4n) is 1.20. The van der Waals surface area contributed by atoms with E-state index in [1.54, 1.807) is 17.5 Å². The summed E-state index contributed by atoms with van der Waals surface area (Å²) in [6.07, 6.45) is 0. The average molecular weight is 300 g/mol. The molecule has 0 spiro atoms. The Morgan fingerprint density at radius 1 is 1.50 bits per heavy atom. The van der Waals surface area contributed by atoms with Gasteiger partial charge in [-0.15, -0.1) is 11.3 Å². The van der Waals surface area contributed by atoms with Gasteiger partial charge >= 0.3 is 0 Å². The van der Waals surface area contributed by atoms with E-state index < -0.39 is 0 Å². The number of rotatable bonds is 2. The molecule has 0 aliphatic carbocycles. The van der Waals surface area contributed by atoms with Crippen LogP contribution in [0.5, 0.6) is 0 Å². The number of carbonyl (C=O) groups is 1. The van der Waals surface area contributed by atoms with Crippen LogP contribution in [0, 0.1) is 5.82 Å². The first-order valence-corrected chi connectivity index (χ1v) is 6.17. The highest BCUT2D eigenvalue weighted by Crippen LogP contribution is 2.27. The summed E-state index contributed by atoms with van der Waals surface area (Å²) in [6, 6.07) is 4.66. The molecule has 0 N–H and O–H groups in total. The average Bonchev–Trinajstić information content (AvgIpc) is 2.71.